The fourth-order valence-electron chi connectivity index (χ4n) is 1.95. The third kappa shape index (κ3) is 3.36. The Morgan fingerprint density at radius 3 is 2.67 bits per heavy atom. The number of carboxylic acids is 1. The first-order chi connectivity index (χ1) is 10.0. The van der Waals surface area contributed by atoms with Crippen LogP contribution in [-0.2, 0) is 16.6 Å². The van der Waals surface area contributed by atoms with Gasteiger partial charge in [-0.2, -0.15) is 5.26 Å². The van der Waals surface area contributed by atoms with Crippen LogP contribution in [0.2, 0.25) is 0 Å². The lowest BCUT2D eigenvalue weighted by atomic mass is 10.1. The summed E-state index contributed by atoms with van der Waals surface area (Å²) in [6.07, 6.45) is 0. The monoisotopic (exact) mass is 299 g/mol. The van der Waals surface area contributed by atoms with Crippen molar-refractivity contribution < 1.29 is 14.1 Å². The van der Waals surface area contributed by atoms with Gasteiger partial charge in [0.2, 0.25) is 0 Å². The lowest BCUT2D eigenvalue weighted by Gasteiger charge is -2.07. The molecule has 4 nitrogen and oxygen atoms in total. The number of carboxylic acid groups (broad SMARTS) is 1. The average Bonchev–Trinajstić information content (AvgIpc) is 2.47. The molecule has 1 atom stereocenters. The molecule has 2 aromatic carbocycles. The summed E-state index contributed by atoms with van der Waals surface area (Å²) in [6, 6.07) is 13.8. The molecule has 0 fully saturated rings. The standard InChI is InChI=1S/C16H13NO3S/c1-11-6-7-14(8-15(11)16(18)19)21(20)10-13-5-3-2-4-12(13)9-17/h2-8H,10H2,1H3,(H,18,19). The summed E-state index contributed by atoms with van der Waals surface area (Å²) in [6.45, 7) is 1.70. The zero-order valence-electron chi connectivity index (χ0n) is 11.4. The van der Waals surface area contributed by atoms with Crippen LogP contribution in [0.25, 0.3) is 0 Å². The number of hydrogen-bond acceptors (Lipinski definition) is 3. The fourth-order valence-corrected chi connectivity index (χ4v) is 3.12. The smallest absolute Gasteiger partial charge is 0.335 e. The van der Waals surface area contributed by atoms with Crippen molar-refractivity contribution in [1.29, 1.82) is 5.26 Å². The molecule has 2 rings (SSSR count). The Balaban J connectivity index is 2.31. The second-order valence-corrected chi connectivity index (χ2v) is 5.99. The van der Waals surface area contributed by atoms with E-state index in [2.05, 4.69) is 6.07 Å². The van der Waals surface area contributed by atoms with Gasteiger partial charge in [0.15, 0.2) is 0 Å². The molecule has 2 aromatic rings. The van der Waals surface area contributed by atoms with Crippen LogP contribution in [0.4, 0.5) is 0 Å². The molecular formula is C16H13NO3S. The first kappa shape index (κ1) is 14.9. The Hall–Kier alpha value is -2.45. The number of nitrogens with zero attached hydrogens (tertiary/aromatic N) is 1. The molecule has 0 amide bonds. The van der Waals surface area contributed by atoms with E-state index in [1.165, 1.54) is 6.07 Å². The molecule has 0 aliphatic rings. The van der Waals surface area contributed by atoms with E-state index in [9.17, 15) is 9.00 Å². The zero-order chi connectivity index (χ0) is 15.4. The van der Waals surface area contributed by atoms with Crippen molar-refractivity contribution in [2.75, 3.05) is 0 Å². The zero-order valence-corrected chi connectivity index (χ0v) is 12.2. The van der Waals surface area contributed by atoms with Gasteiger partial charge in [0, 0.05) is 4.90 Å². The first-order valence-corrected chi connectivity index (χ1v) is 7.55. The minimum absolute atomic E-state index is 0.148. The van der Waals surface area contributed by atoms with Crippen molar-refractivity contribution in [1.82, 2.24) is 0 Å². The summed E-state index contributed by atoms with van der Waals surface area (Å²) < 4.78 is 12.4. The molecule has 106 valence electrons. The molecule has 0 bridgehead atoms. The molecule has 0 saturated heterocycles. The van der Waals surface area contributed by atoms with E-state index in [1.807, 2.05) is 0 Å². The number of rotatable bonds is 4. The number of benzene rings is 2. The molecule has 0 spiro atoms. The van der Waals surface area contributed by atoms with Gasteiger partial charge in [-0.25, -0.2) is 4.79 Å². The third-order valence-corrected chi connectivity index (χ3v) is 4.48. The number of aromatic carboxylic acids is 1. The normalized spacial score (nSPS) is 11.6. The topological polar surface area (TPSA) is 78.2 Å². The molecule has 0 aliphatic carbocycles. The molecule has 0 aromatic heterocycles. The van der Waals surface area contributed by atoms with Crippen molar-refractivity contribution in [2.24, 2.45) is 0 Å². The maximum absolute atomic E-state index is 12.4. The molecule has 0 aliphatic heterocycles. The molecule has 1 N–H and O–H groups in total. The van der Waals surface area contributed by atoms with Crippen LogP contribution in [0.3, 0.4) is 0 Å². The minimum Gasteiger partial charge on any atom is -0.478 e. The van der Waals surface area contributed by atoms with Gasteiger partial charge in [-0.1, -0.05) is 24.3 Å². The number of hydrogen-bond donors (Lipinski definition) is 1. The van der Waals surface area contributed by atoms with E-state index < -0.39 is 16.8 Å². The summed E-state index contributed by atoms with van der Waals surface area (Å²) in [4.78, 5) is 11.6. The Kier molecular flexibility index (Phi) is 4.51. The van der Waals surface area contributed by atoms with Crippen LogP contribution >= 0.6 is 0 Å². The fraction of sp³-hybridized carbons (Fsp3) is 0.125. The van der Waals surface area contributed by atoms with Crippen LogP contribution in [0, 0.1) is 18.3 Å². The van der Waals surface area contributed by atoms with E-state index in [-0.39, 0.29) is 11.3 Å². The maximum atomic E-state index is 12.4. The number of carbonyl (C=O) groups is 1. The van der Waals surface area contributed by atoms with Crippen LogP contribution < -0.4 is 0 Å². The van der Waals surface area contributed by atoms with Crippen molar-refractivity contribution in [3.63, 3.8) is 0 Å². The molecule has 0 heterocycles. The van der Waals surface area contributed by atoms with E-state index in [0.29, 0.717) is 21.6 Å². The Bertz CT molecular complexity index is 762. The summed E-state index contributed by atoms with van der Waals surface area (Å²) in [5.74, 6) is -0.852. The van der Waals surface area contributed by atoms with Gasteiger partial charge in [-0.05, 0) is 36.2 Å². The Labute approximate surface area is 125 Å². The van der Waals surface area contributed by atoms with Gasteiger partial charge in [0.05, 0.1) is 33.7 Å². The Morgan fingerprint density at radius 2 is 2.00 bits per heavy atom. The second-order valence-electron chi connectivity index (χ2n) is 4.54. The summed E-state index contributed by atoms with van der Waals surface area (Å²) in [5.41, 5.74) is 1.95. The second kappa shape index (κ2) is 6.33. The highest BCUT2D eigenvalue weighted by atomic mass is 32.2. The third-order valence-electron chi connectivity index (χ3n) is 3.13. The van der Waals surface area contributed by atoms with E-state index >= 15 is 0 Å². The molecule has 1 unspecified atom stereocenters. The number of aryl methyl sites for hydroxylation is 1. The van der Waals surface area contributed by atoms with Gasteiger partial charge in [0.1, 0.15) is 0 Å². The van der Waals surface area contributed by atoms with Crippen LogP contribution in [0.15, 0.2) is 47.4 Å². The van der Waals surface area contributed by atoms with Crippen molar-refractivity contribution >= 4 is 16.8 Å². The van der Waals surface area contributed by atoms with Crippen molar-refractivity contribution in [3.05, 3.63) is 64.7 Å². The largest absolute Gasteiger partial charge is 0.478 e. The SMILES string of the molecule is Cc1ccc(S(=O)Cc2ccccc2C#N)cc1C(=O)O. The highest BCUT2D eigenvalue weighted by molar-refractivity contribution is 7.84. The highest BCUT2D eigenvalue weighted by Crippen LogP contribution is 2.18. The summed E-state index contributed by atoms with van der Waals surface area (Å²) in [5, 5.41) is 18.1. The van der Waals surface area contributed by atoms with Crippen LogP contribution in [0.5, 0.6) is 0 Å². The van der Waals surface area contributed by atoms with Gasteiger partial charge in [0.25, 0.3) is 0 Å². The van der Waals surface area contributed by atoms with Crippen molar-refractivity contribution in [3.8, 4) is 6.07 Å². The van der Waals surface area contributed by atoms with E-state index in [4.69, 9.17) is 10.4 Å². The minimum atomic E-state index is -1.40. The first-order valence-electron chi connectivity index (χ1n) is 6.23. The van der Waals surface area contributed by atoms with Crippen LogP contribution in [0.1, 0.15) is 27.0 Å². The molecule has 21 heavy (non-hydrogen) atoms. The molecule has 5 heteroatoms. The van der Waals surface area contributed by atoms with Gasteiger partial charge < -0.3 is 5.11 Å². The lowest BCUT2D eigenvalue weighted by molar-refractivity contribution is 0.0696. The predicted molar refractivity (Wildman–Crippen MR) is 79.4 cm³/mol. The summed E-state index contributed by atoms with van der Waals surface area (Å²) in [7, 11) is -1.40. The van der Waals surface area contributed by atoms with E-state index in [1.54, 1.807) is 43.3 Å². The quantitative estimate of drug-likeness (QED) is 0.941. The average molecular weight is 299 g/mol. The Morgan fingerprint density at radius 1 is 1.29 bits per heavy atom. The summed E-state index contributed by atoms with van der Waals surface area (Å²) >= 11 is 0. The van der Waals surface area contributed by atoms with Crippen molar-refractivity contribution in [2.45, 2.75) is 17.6 Å². The van der Waals surface area contributed by atoms with Gasteiger partial charge >= 0.3 is 5.97 Å². The molecule has 0 saturated carbocycles. The highest BCUT2D eigenvalue weighted by Gasteiger charge is 2.13. The predicted octanol–water partition coefficient (Wildman–Crippen LogP) is 2.87. The lowest BCUT2D eigenvalue weighted by Crippen LogP contribution is -2.04. The molecular weight excluding hydrogens is 286 g/mol. The number of nitriles is 1. The molecule has 0 radical (unpaired) electrons. The van der Waals surface area contributed by atoms with Gasteiger partial charge in [-0.3, -0.25) is 4.21 Å². The van der Waals surface area contributed by atoms with Gasteiger partial charge in [-0.15, -0.1) is 0 Å². The maximum Gasteiger partial charge on any atom is 0.335 e. The van der Waals surface area contributed by atoms with Crippen LogP contribution in [-0.4, -0.2) is 15.3 Å². The van der Waals surface area contributed by atoms with E-state index in [0.717, 1.165) is 0 Å².